The lowest BCUT2D eigenvalue weighted by molar-refractivity contribution is -0.145. The molecule has 11 nitrogen and oxygen atoms in total. The largest absolute Gasteiger partial charge is 0.465 e. The highest BCUT2D eigenvalue weighted by molar-refractivity contribution is 7.64. The van der Waals surface area contributed by atoms with Crippen molar-refractivity contribution in [1.82, 2.24) is 10.1 Å². The fraction of sp³-hybridized carbons (Fsp3) is 0.500. The molecule has 0 saturated heterocycles. The van der Waals surface area contributed by atoms with E-state index >= 15 is 0 Å². The van der Waals surface area contributed by atoms with Crippen LogP contribution in [0.5, 0.6) is 0 Å². The third-order valence-corrected chi connectivity index (χ3v) is 6.82. The van der Waals surface area contributed by atoms with E-state index < -0.39 is 38.0 Å². The molecule has 0 spiro atoms. The Hall–Kier alpha value is -2.53. The maximum absolute atomic E-state index is 13.5. The number of hydrogen-bond donors (Lipinski definition) is 2. The number of carbonyl (C=O) groups excluding carboxylic acids is 3. The Morgan fingerprint density at radius 1 is 1.15 bits per heavy atom. The number of nitrogens with one attached hydrogen (secondary N) is 1. The molecule has 3 N–H and O–H groups in total. The van der Waals surface area contributed by atoms with Gasteiger partial charge in [0.2, 0.25) is 5.50 Å². The fourth-order valence-electron chi connectivity index (χ4n) is 2.53. The lowest BCUT2D eigenvalue weighted by Crippen LogP contribution is -2.29. The number of rotatable bonds is 11. The SMILES string of the molecule is CCOC(=O)CNP(=O)(OCC(=O)OCC)c1ccc(-c2nc(N)sc2C(=O)C(C)(C)C)o1. The number of nitrogens with two attached hydrogens (primary N) is 1. The van der Waals surface area contributed by atoms with Crippen molar-refractivity contribution in [1.29, 1.82) is 0 Å². The van der Waals surface area contributed by atoms with E-state index in [1.54, 1.807) is 34.6 Å². The summed E-state index contributed by atoms with van der Waals surface area (Å²) in [5, 5.41) is 2.64. The molecule has 2 aromatic rings. The molecule has 1 atom stereocenters. The molecule has 182 valence electrons. The van der Waals surface area contributed by atoms with E-state index in [1.807, 2.05) is 0 Å². The second-order valence-corrected chi connectivity index (χ2v) is 10.9. The van der Waals surface area contributed by atoms with Gasteiger partial charge in [-0.1, -0.05) is 32.1 Å². The van der Waals surface area contributed by atoms with Crippen LogP contribution in [0, 0.1) is 5.41 Å². The minimum absolute atomic E-state index is 0.115. The Balaban J connectivity index is 2.38. The van der Waals surface area contributed by atoms with E-state index in [4.69, 9.17) is 24.1 Å². The Morgan fingerprint density at radius 3 is 2.39 bits per heavy atom. The number of ketones is 1. The zero-order valence-corrected chi connectivity index (χ0v) is 20.8. The fourth-order valence-corrected chi connectivity index (χ4v) is 5.00. The normalized spacial score (nSPS) is 13.4. The summed E-state index contributed by atoms with van der Waals surface area (Å²) in [6, 6.07) is 2.80. The molecule has 0 aliphatic carbocycles. The maximum atomic E-state index is 13.5. The number of thiazole rings is 1. The summed E-state index contributed by atoms with van der Waals surface area (Å²) >= 11 is 1.02. The average Bonchev–Trinajstić information content (AvgIpc) is 3.37. The Morgan fingerprint density at radius 2 is 1.79 bits per heavy atom. The lowest BCUT2D eigenvalue weighted by Gasteiger charge is -2.17. The van der Waals surface area contributed by atoms with E-state index in [2.05, 4.69) is 10.1 Å². The maximum Gasteiger partial charge on any atom is 0.335 e. The van der Waals surface area contributed by atoms with Crippen molar-refractivity contribution in [3.8, 4) is 11.5 Å². The standard InChI is InChI=1S/C20H28N3O8PS/c1-6-28-13(24)10-22-32(27,30-11-14(25)29-7-2)15-9-8-12(31-15)16-17(33-19(21)23-16)18(26)20(3,4)5/h8-9H,6-7,10-11H2,1-5H3,(H2,21,23)(H,22,27). The smallest absolute Gasteiger partial charge is 0.335 e. The summed E-state index contributed by atoms with van der Waals surface area (Å²) in [5.74, 6) is -1.47. The van der Waals surface area contributed by atoms with E-state index in [1.165, 1.54) is 12.1 Å². The molecule has 2 rings (SSSR count). The summed E-state index contributed by atoms with van der Waals surface area (Å²) in [7, 11) is -4.05. The van der Waals surface area contributed by atoms with Gasteiger partial charge in [-0.3, -0.25) is 14.2 Å². The number of furan rings is 1. The van der Waals surface area contributed by atoms with Crippen LogP contribution in [-0.4, -0.2) is 49.1 Å². The van der Waals surface area contributed by atoms with Gasteiger partial charge in [-0.05, 0) is 26.0 Å². The van der Waals surface area contributed by atoms with Crippen molar-refractivity contribution in [2.75, 3.05) is 32.1 Å². The predicted octanol–water partition coefficient (Wildman–Crippen LogP) is 2.76. The first-order chi connectivity index (χ1) is 15.4. The molecule has 0 amide bonds. The summed E-state index contributed by atoms with van der Waals surface area (Å²) in [4.78, 5) is 40.8. The highest BCUT2D eigenvalue weighted by Gasteiger charge is 2.34. The van der Waals surface area contributed by atoms with Gasteiger partial charge >= 0.3 is 19.5 Å². The van der Waals surface area contributed by atoms with Crippen LogP contribution in [0.15, 0.2) is 16.5 Å². The van der Waals surface area contributed by atoms with E-state index in [-0.39, 0.29) is 41.1 Å². The number of esters is 2. The molecular formula is C20H28N3O8PS. The van der Waals surface area contributed by atoms with Crippen molar-refractivity contribution in [2.45, 2.75) is 34.6 Å². The quantitative estimate of drug-likeness (QED) is 0.265. The number of aromatic nitrogens is 1. The first-order valence-electron chi connectivity index (χ1n) is 10.1. The van der Waals surface area contributed by atoms with E-state index in [0.29, 0.717) is 4.88 Å². The van der Waals surface area contributed by atoms with Crippen LogP contribution in [0.2, 0.25) is 0 Å². The van der Waals surface area contributed by atoms with Crippen molar-refractivity contribution >= 4 is 47.2 Å². The minimum Gasteiger partial charge on any atom is -0.465 e. The van der Waals surface area contributed by atoms with Crippen LogP contribution in [0.1, 0.15) is 44.3 Å². The van der Waals surface area contributed by atoms with Gasteiger partial charge in [0.15, 0.2) is 23.3 Å². The third-order valence-electron chi connectivity index (χ3n) is 4.05. The molecule has 0 fully saturated rings. The molecule has 0 saturated carbocycles. The number of hydrogen-bond acceptors (Lipinski definition) is 11. The van der Waals surface area contributed by atoms with E-state index in [9.17, 15) is 18.9 Å². The molecule has 33 heavy (non-hydrogen) atoms. The van der Waals surface area contributed by atoms with Crippen molar-refractivity contribution in [3.63, 3.8) is 0 Å². The van der Waals surface area contributed by atoms with Crippen molar-refractivity contribution in [2.24, 2.45) is 5.41 Å². The van der Waals surface area contributed by atoms with Crippen LogP contribution in [-0.2, 0) is 28.2 Å². The average molecular weight is 501 g/mol. The molecule has 0 aliphatic heterocycles. The summed E-state index contributed by atoms with van der Waals surface area (Å²) in [6.45, 7) is 7.68. The summed E-state index contributed by atoms with van der Waals surface area (Å²) in [5.41, 5.74) is 5.15. The van der Waals surface area contributed by atoms with Crippen molar-refractivity contribution < 1.29 is 37.4 Å². The second-order valence-electron chi connectivity index (χ2n) is 7.72. The number of anilines is 1. The highest BCUT2D eigenvalue weighted by atomic mass is 32.1. The Bertz CT molecular complexity index is 1030. The van der Waals surface area contributed by atoms with Crippen LogP contribution < -0.4 is 16.3 Å². The van der Waals surface area contributed by atoms with Gasteiger partial charge in [0.25, 0.3) is 0 Å². The molecule has 0 bridgehead atoms. The van der Waals surface area contributed by atoms with Gasteiger partial charge in [-0.15, -0.1) is 0 Å². The second kappa shape index (κ2) is 11.1. The lowest BCUT2D eigenvalue weighted by atomic mass is 9.89. The molecule has 0 aromatic carbocycles. The molecule has 0 radical (unpaired) electrons. The predicted molar refractivity (Wildman–Crippen MR) is 122 cm³/mol. The van der Waals surface area contributed by atoms with Crippen molar-refractivity contribution in [3.05, 3.63) is 17.0 Å². The highest BCUT2D eigenvalue weighted by Crippen LogP contribution is 2.43. The van der Waals surface area contributed by atoms with E-state index in [0.717, 1.165) is 11.3 Å². The molecule has 13 heteroatoms. The van der Waals surface area contributed by atoms with Gasteiger partial charge < -0.3 is 24.1 Å². The Kier molecular flexibility index (Phi) is 8.96. The van der Waals surface area contributed by atoms with Crippen LogP contribution >= 0.6 is 18.9 Å². The molecular weight excluding hydrogens is 473 g/mol. The van der Waals surface area contributed by atoms with Gasteiger partial charge in [0.1, 0.15) is 17.1 Å². The number of Topliss-reactive ketones (excluding diaryl/α,β-unsaturated/α-hetero) is 1. The number of ether oxygens (including phenoxy) is 2. The minimum atomic E-state index is -4.05. The molecule has 0 aliphatic rings. The molecule has 1 unspecified atom stereocenters. The summed E-state index contributed by atoms with van der Waals surface area (Å²) < 4.78 is 34.2. The first-order valence-corrected chi connectivity index (χ1v) is 12.6. The molecule has 2 aromatic heterocycles. The molecule has 2 heterocycles. The van der Waals surface area contributed by atoms with Crippen LogP contribution in [0.25, 0.3) is 11.5 Å². The number of nitrogen functional groups attached to an aromatic ring is 1. The van der Waals surface area contributed by atoms with Crippen LogP contribution in [0.4, 0.5) is 5.13 Å². The van der Waals surface area contributed by atoms with Gasteiger partial charge in [0, 0.05) is 5.41 Å². The number of carbonyl (C=O) groups is 3. The monoisotopic (exact) mass is 501 g/mol. The zero-order chi connectivity index (χ0) is 24.8. The third kappa shape index (κ3) is 6.97. The zero-order valence-electron chi connectivity index (χ0n) is 19.1. The Labute approximate surface area is 195 Å². The van der Waals surface area contributed by atoms with Crippen LogP contribution in [0.3, 0.4) is 0 Å². The van der Waals surface area contributed by atoms with Gasteiger partial charge in [0.05, 0.1) is 13.2 Å². The topological polar surface area (TPSA) is 160 Å². The first kappa shape index (κ1) is 26.7. The van der Waals surface area contributed by atoms with Gasteiger partial charge in [-0.25, -0.2) is 14.9 Å². The number of nitrogens with zero attached hydrogens (tertiary/aromatic N) is 1. The summed E-state index contributed by atoms with van der Waals surface area (Å²) in [6.07, 6.45) is 0. The van der Waals surface area contributed by atoms with Gasteiger partial charge in [-0.2, -0.15) is 0 Å².